The first-order valence-corrected chi connectivity index (χ1v) is 8.23. The third-order valence-electron chi connectivity index (χ3n) is 2.92. The van der Waals surface area contributed by atoms with E-state index in [9.17, 15) is 4.21 Å². The highest BCUT2D eigenvalue weighted by molar-refractivity contribution is 7.84. The second-order valence-electron chi connectivity index (χ2n) is 5.13. The molecule has 1 aromatic rings. The van der Waals surface area contributed by atoms with Crippen LogP contribution in [0.4, 0.5) is 11.5 Å². The summed E-state index contributed by atoms with van der Waals surface area (Å²) < 4.78 is 16.8. The van der Waals surface area contributed by atoms with Gasteiger partial charge in [0.05, 0.1) is 12.3 Å². The van der Waals surface area contributed by atoms with Gasteiger partial charge in [0, 0.05) is 28.9 Å². The number of nitrogens with one attached hydrogen (secondary N) is 1. The Kier molecular flexibility index (Phi) is 4.63. The summed E-state index contributed by atoms with van der Waals surface area (Å²) in [7, 11) is -0.827. The molecule has 106 valence electrons. The molecule has 1 aromatic heterocycles. The van der Waals surface area contributed by atoms with E-state index in [1.807, 2.05) is 13.0 Å². The molecular formula is C13H21N3O2S. The second-order valence-corrected chi connectivity index (χ2v) is 6.61. The number of aromatic nitrogens is 1. The summed E-state index contributed by atoms with van der Waals surface area (Å²) in [5, 5.41) is 3.20. The lowest BCUT2D eigenvalue weighted by molar-refractivity contribution is 0.290. The van der Waals surface area contributed by atoms with Gasteiger partial charge in [0.15, 0.2) is 0 Å². The van der Waals surface area contributed by atoms with Gasteiger partial charge in [0.1, 0.15) is 5.82 Å². The lowest BCUT2D eigenvalue weighted by atomic mass is 10.3. The number of nitrogen functional groups attached to an aromatic ring is 1. The smallest absolute Gasteiger partial charge is 0.239 e. The summed E-state index contributed by atoms with van der Waals surface area (Å²) in [5.41, 5.74) is 6.40. The zero-order chi connectivity index (χ0) is 13.8. The minimum Gasteiger partial charge on any atom is -0.476 e. The number of nitrogens with zero attached hydrogens (tertiary/aromatic N) is 1. The molecule has 5 nitrogen and oxygen atoms in total. The predicted octanol–water partition coefficient (Wildman–Crippen LogP) is 1.63. The molecule has 1 fully saturated rings. The summed E-state index contributed by atoms with van der Waals surface area (Å²) >= 11 is 0. The van der Waals surface area contributed by atoms with Gasteiger partial charge in [-0.1, -0.05) is 0 Å². The van der Waals surface area contributed by atoms with Gasteiger partial charge in [-0.3, -0.25) is 4.21 Å². The van der Waals surface area contributed by atoms with E-state index in [0.717, 1.165) is 0 Å². The van der Waals surface area contributed by atoms with Crippen molar-refractivity contribution in [3.63, 3.8) is 0 Å². The van der Waals surface area contributed by atoms with E-state index in [2.05, 4.69) is 10.3 Å². The van der Waals surface area contributed by atoms with Crippen LogP contribution in [0.2, 0.25) is 0 Å². The number of anilines is 2. The molecule has 1 saturated carbocycles. The van der Waals surface area contributed by atoms with E-state index in [1.54, 1.807) is 12.3 Å². The normalized spacial score (nSPS) is 17.8. The molecule has 2 unspecified atom stereocenters. The van der Waals surface area contributed by atoms with Gasteiger partial charge in [0.25, 0.3) is 0 Å². The number of hydrogen-bond donors (Lipinski definition) is 2. The minimum absolute atomic E-state index is 0.0956. The Balaban J connectivity index is 1.96. The number of nitrogens with two attached hydrogens (primary N) is 1. The Morgan fingerprint density at radius 2 is 2.32 bits per heavy atom. The molecule has 0 aliphatic heterocycles. The Hall–Kier alpha value is -1.30. The van der Waals surface area contributed by atoms with Gasteiger partial charge in [-0.15, -0.1) is 0 Å². The van der Waals surface area contributed by atoms with Crippen molar-refractivity contribution in [2.75, 3.05) is 29.7 Å². The lowest BCUT2D eigenvalue weighted by Crippen LogP contribution is -2.23. The number of ether oxygens (including phenoxy) is 1. The van der Waals surface area contributed by atoms with Crippen molar-refractivity contribution in [2.45, 2.75) is 25.8 Å². The van der Waals surface area contributed by atoms with Crippen LogP contribution in [0.1, 0.15) is 19.8 Å². The molecule has 0 saturated heterocycles. The van der Waals surface area contributed by atoms with Gasteiger partial charge < -0.3 is 15.8 Å². The molecular weight excluding hydrogens is 262 g/mol. The monoisotopic (exact) mass is 283 g/mol. The molecule has 2 atom stereocenters. The van der Waals surface area contributed by atoms with E-state index in [0.29, 0.717) is 35.7 Å². The molecule has 1 aliphatic carbocycles. The zero-order valence-electron chi connectivity index (χ0n) is 11.4. The van der Waals surface area contributed by atoms with Gasteiger partial charge >= 0.3 is 0 Å². The average Bonchev–Trinajstić information content (AvgIpc) is 3.12. The van der Waals surface area contributed by atoms with Crippen molar-refractivity contribution >= 4 is 22.3 Å². The fraction of sp³-hybridized carbons (Fsp3) is 0.615. The first-order valence-electron chi connectivity index (χ1n) is 6.50. The van der Waals surface area contributed by atoms with Crippen molar-refractivity contribution in [1.82, 2.24) is 4.98 Å². The van der Waals surface area contributed by atoms with Gasteiger partial charge in [-0.05, 0) is 37.8 Å². The summed E-state index contributed by atoms with van der Waals surface area (Å²) in [6.45, 7) is 2.67. The average molecular weight is 283 g/mol. The van der Waals surface area contributed by atoms with Crippen LogP contribution in [-0.4, -0.2) is 33.9 Å². The molecule has 0 spiro atoms. The SMILES string of the molecule is CC(CS(C)=O)Nc1ccc(N)c(OCC2CC2)n1. The molecule has 1 heterocycles. The van der Waals surface area contributed by atoms with Crippen LogP contribution in [0.3, 0.4) is 0 Å². The maximum Gasteiger partial charge on any atom is 0.239 e. The van der Waals surface area contributed by atoms with Crippen LogP contribution >= 0.6 is 0 Å². The van der Waals surface area contributed by atoms with Crippen molar-refractivity contribution in [2.24, 2.45) is 5.92 Å². The van der Waals surface area contributed by atoms with Gasteiger partial charge in [-0.25, -0.2) is 0 Å². The van der Waals surface area contributed by atoms with Crippen LogP contribution in [0.5, 0.6) is 5.88 Å². The summed E-state index contributed by atoms with van der Waals surface area (Å²) in [6.07, 6.45) is 4.16. The first-order chi connectivity index (χ1) is 9.04. The fourth-order valence-corrected chi connectivity index (χ4v) is 2.56. The van der Waals surface area contributed by atoms with Crippen LogP contribution in [0.15, 0.2) is 12.1 Å². The van der Waals surface area contributed by atoms with E-state index in [4.69, 9.17) is 10.5 Å². The minimum atomic E-state index is -0.827. The van der Waals surface area contributed by atoms with Crippen molar-refractivity contribution in [3.05, 3.63) is 12.1 Å². The molecule has 1 aliphatic rings. The van der Waals surface area contributed by atoms with Gasteiger partial charge in [0.2, 0.25) is 5.88 Å². The maximum atomic E-state index is 11.2. The third-order valence-corrected chi connectivity index (χ3v) is 3.89. The summed E-state index contributed by atoms with van der Waals surface area (Å²) in [4.78, 5) is 4.36. The molecule has 0 radical (unpaired) electrons. The van der Waals surface area contributed by atoms with Crippen LogP contribution in [0.25, 0.3) is 0 Å². The van der Waals surface area contributed by atoms with E-state index in [1.165, 1.54) is 12.8 Å². The van der Waals surface area contributed by atoms with Crippen LogP contribution in [-0.2, 0) is 10.8 Å². The molecule has 3 N–H and O–H groups in total. The van der Waals surface area contributed by atoms with Crippen LogP contribution in [0, 0.1) is 5.92 Å². The molecule has 19 heavy (non-hydrogen) atoms. The second kappa shape index (κ2) is 6.23. The molecule has 0 aromatic carbocycles. The molecule has 0 bridgehead atoms. The predicted molar refractivity (Wildman–Crippen MR) is 78.9 cm³/mol. The third kappa shape index (κ3) is 4.70. The standard InChI is InChI=1S/C13H21N3O2S/c1-9(8-19(2)17)15-12-6-5-11(14)13(16-12)18-7-10-3-4-10/h5-6,9-10H,3-4,7-8,14H2,1-2H3,(H,15,16). The number of hydrogen-bond acceptors (Lipinski definition) is 5. The highest BCUT2D eigenvalue weighted by atomic mass is 32.2. The Labute approximate surface area is 116 Å². The first kappa shape index (κ1) is 14.1. The maximum absolute atomic E-state index is 11.2. The summed E-state index contributed by atoms with van der Waals surface area (Å²) in [5.74, 6) is 2.45. The zero-order valence-corrected chi connectivity index (χ0v) is 12.2. The quantitative estimate of drug-likeness (QED) is 0.795. The highest BCUT2D eigenvalue weighted by Crippen LogP contribution is 2.30. The fourth-order valence-electron chi connectivity index (χ4n) is 1.77. The van der Waals surface area contributed by atoms with E-state index in [-0.39, 0.29) is 6.04 Å². The topological polar surface area (TPSA) is 77.2 Å². The lowest BCUT2D eigenvalue weighted by Gasteiger charge is -2.15. The highest BCUT2D eigenvalue weighted by Gasteiger charge is 2.22. The Morgan fingerprint density at radius 1 is 1.58 bits per heavy atom. The van der Waals surface area contributed by atoms with E-state index < -0.39 is 10.8 Å². The van der Waals surface area contributed by atoms with Crippen molar-refractivity contribution in [1.29, 1.82) is 0 Å². The van der Waals surface area contributed by atoms with Crippen LogP contribution < -0.4 is 15.8 Å². The number of rotatable bonds is 7. The molecule has 2 rings (SSSR count). The molecule has 6 heteroatoms. The molecule has 0 amide bonds. The van der Waals surface area contributed by atoms with Crippen molar-refractivity contribution in [3.8, 4) is 5.88 Å². The largest absolute Gasteiger partial charge is 0.476 e. The van der Waals surface area contributed by atoms with Crippen molar-refractivity contribution < 1.29 is 8.95 Å². The Bertz CT molecular complexity index is 463. The summed E-state index contributed by atoms with van der Waals surface area (Å²) in [6, 6.07) is 3.69. The Morgan fingerprint density at radius 3 is 2.95 bits per heavy atom. The van der Waals surface area contributed by atoms with Gasteiger partial charge in [-0.2, -0.15) is 4.98 Å². The van der Waals surface area contributed by atoms with E-state index >= 15 is 0 Å². The number of pyridine rings is 1.